The molecule has 5 rings (SSSR count). The van der Waals surface area contributed by atoms with Crippen LogP contribution in [-0.2, 0) is 6.42 Å². The molecule has 0 saturated heterocycles. The fraction of sp³-hybridized carbons (Fsp3) is 0.100. The molecule has 1 aliphatic rings. The third-order valence-corrected chi connectivity index (χ3v) is 4.64. The van der Waals surface area contributed by atoms with Gasteiger partial charge >= 0.3 is 0 Å². The minimum atomic E-state index is 0.324. The van der Waals surface area contributed by atoms with Crippen molar-refractivity contribution in [3.63, 3.8) is 0 Å². The molecule has 26 heavy (non-hydrogen) atoms. The van der Waals surface area contributed by atoms with Gasteiger partial charge in [-0.1, -0.05) is 42.0 Å². The molecule has 2 N–H and O–H groups in total. The third-order valence-electron chi connectivity index (χ3n) is 4.64. The van der Waals surface area contributed by atoms with Crippen molar-refractivity contribution < 1.29 is 0 Å². The SMILES string of the molecule is Cc1ccc(N=Nc2c(N)nn3cc4c(nc23)-c2ccccc2C4)cc1. The Balaban J connectivity index is 1.63. The first kappa shape index (κ1) is 14.8. The number of fused-ring (bicyclic) bond motifs is 4. The van der Waals surface area contributed by atoms with Gasteiger partial charge in [0.25, 0.3) is 0 Å². The van der Waals surface area contributed by atoms with Crippen molar-refractivity contribution in [2.75, 3.05) is 5.73 Å². The number of anilines is 1. The average Bonchev–Trinajstić information content (AvgIpc) is 3.15. The van der Waals surface area contributed by atoms with Gasteiger partial charge in [-0.2, -0.15) is 5.11 Å². The number of benzene rings is 2. The maximum absolute atomic E-state index is 6.07. The van der Waals surface area contributed by atoms with E-state index < -0.39 is 0 Å². The number of aromatic nitrogens is 3. The molecule has 4 aromatic rings. The Labute approximate surface area is 150 Å². The lowest BCUT2D eigenvalue weighted by Crippen LogP contribution is -1.95. The Hall–Kier alpha value is -3.54. The molecule has 2 heterocycles. The second kappa shape index (κ2) is 5.49. The molecule has 6 heteroatoms. The number of hydrogen-bond acceptors (Lipinski definition) is 5. The van der Waals surface area contributed by atoms with Crippen LogP contribution >= 0.6 is 0 Å². The van der Waals surface area contributed by atoms with Crippen LogP contribution < -0.4 is 5.73 Å². The monoisotopic (exact) mass is 340 g/mol. The van der Waals surface area contributed by atoms with E-state index in [4.69, 9.17) is 10.7 Å². The molecule has 0 fully saturated rings. The predicted molar refractivity (Wildman–Crippen MR) is 101 cm³/mol. The summed E-state index contributed by atoms with van der Waals surface area (Å²) in [5, 5.41) is 13.0. The van der Waals surface area contributed by atoms with Crippen LogP contribution in [0.5, 0.6) is 0 Å². The summed E-state index contributed by atoms with van der Waals surface area (Å²) in [6.45, 7) is 2.03. The van der Waals surface area contributed by atoms with Crippen LogP contribution in [-0.4, -0.2) is 14.6 Å². The summed E-state index contributed by atoms with van der Waals surface area (Å²) in [5.74, 6) is 0.324. The smallest absolute Gasteiger partial charge is 0.185 e. The Morgan fingerprint density at radius 1 is 1.00 bits per heavy atom. The molecular formula is C20H16N6. The van der Waals surface area contributed by atoms with Gasteiger partial charge in [0.2, 0.25) is 0 Å². The van der Waals surface area contributed by atoms with Crippen LogP contribution in [0.15, 0.2) is 65.0 Å². The molecule has 1 aliphatic carbocycles. The number of nitrogens with two attached hydrogens (primary N) is 1. The van der Waals surface area contributed by atoms with Crippen LogP contribution in [0.4, 0.5) is 17.2 Å². The number of azo groups is 1. The number of aryl methyl sites for hydroxylation is 1. The average molecular weight is 340 g/mol. The quantitative estimate of drug-likeness (QED) is 0.477. The van der Waals surface area contributed by atoms with E-state index in [1.54, 1.807) is 4.52 Å². The fourth-order valence-electron chi connectivity index (χ4n) is 3.30. The zero-order valence-electron chi connectivity index (χ0n) is 14.2. The summed E-state index contributed by atoms with van der Waals surface area (Å²) in [4.78, 5) is 4.81. The van der Waals surface area contributed by atoms with Crippen molar-refractivity contribution in [1.82, 2.24) is 14.6 Å². The predicted octanol–water partition coefficient (Wildman–Crippen LogP) is 4.61. The number of hydrogen-bond donors (Lipinski definition) is 1. The number of nitrogen functional groups attached to an aromatic ring is 1. The van der Waals surface area contributed by atoms with Gasteiger partial charge in [-0.05, 0) is 24.6 Å². The summed E-state index contributed by atoms with van der Waals surface area (Å²) >= 11 is 0. The molecule has 0 aliphatic heterocycles. The van der Waals surface area contributed by atoms with Crippen molar-refractivity contribution in [2.24, 2.45) is 10.2 Å². The van der Waals surface area contributed by atoms with E-state index in [9.17, 15) is 0 Å². The molecule has 0 saturated carbocycles. The van der Waals surface area contributed by atoms with Crippen LogP contribution in [0.2, 0.25) is 0 Å². The van der Waals surface area contributed by atoms with Gasteiger partial charge in [-0.15, -0.1) is 10.2 Å². The molecule has 0 radical (unpaired) electrons. The summed E-state index contributed by atoms with van der Waals surface area (Å²) in [7, 11) is 0. The molecule has 0 bridgehead atoms. The highest BCUT2D eigenvalue weighted by Gasteiger charge is 2.22. The zero-order chi connectivity index (χ0) is 17.7. The largest absolute Gasteiger partial charge is 0.380 e. The molecule has 0 amide bonds. The molecule has 126 valence electrons. The third kappa shape index (κ3) is 2.27. The first-order valence-electron chi connectivity index (χ1n) is 8.43. The summed E-state index contributed by atoms with van der Waals surface area (Å²) in [5.41, 5.74) is 13.7. The summed E-state index contributed by atoms with van der Waals surface area (Å²) in [6.07, 6.45) is 2.84. The minimum absolute atomic E-state index is 0.324. The second-order valence-electron chi connectivity index (χ2n) is 6.49. The molecule has 2 aromatic heterocycles. The first-order chi connectivity index (χ1) is 12.7. The Morgan fingerprint density at radius 2 is 1.81 bits per heavy atom. The van der Waals surface area contributed by atoms with Crippen molar-refractivity contribution in [1.29, 1.82) is 0 Å². The Morgan fingerprint density at radius 3 is 2.65 bits per heavy atom. The Kier molecular flexibility index (Phi) is 3.12. The summed E-state index contributed by atoms with van der Waals surface area (Å²) in [6, 6.07) is 16.1. The van der Waals surface area contributed by atoms with Crippen LogP contribution in [0, 0.1) is 6.92 Å². The highest BCUT2D eigenvalue weighted by molar-refractivity contribution is 5.80. The second-order valence-corrected chi connectivity index (χ2v) is 6.49. The van der Waals surface area contributed by atoms with Crippen molar-refractivity contribution in [3.05, 3.63) is 71.4 Å². The van der Waals surface area contributed by atoms with E-state index >= 15 is 0 Å². The fourth-order valence-corrected chi connectivity index (χ4v) is 3.30. The molecule has 0 spiro atoms. The maximum atomic E-state index is 6.07. The van der Waals surface area contributed by atoms with E-state index in [0.29, 0.717) is 17.2 Å². The van der Waals surface area contributed by atoms with Gasteiger partial charge in [-0.3, -0.25) is 0 Å². The highest BCUT2D eigenvalue weighted by atomic mass is 15.3. The van der Waals surface area contributed by atoms with Crippen molar-refractivity contribution >= 4 is 22.8 Å². The summed E-state index contributed by atoms with van der Waals surface area (Å²) < 4.78 is 1.70. The highest BCUT2D eigenvalue weighted by Crippen LogP contribution is 2.37. The van der Waals surface area contributed by atoms with Gasteiger partial charge in [-0.25, -0.2) is 9.50 Å². The first-order valence-corrected chi connectivity index (χ1v) is 8.43. The van der Waals surface area contributed by atoms with Gasteiger partial charge in [0.1, 0.15) is 0 Å². The van der Waals surface area contributed by atoms with E-state index in [1.807, 2.05) is 43.5 Å². The topological polar surface area (TPSA) is 80.9 Å². The van der Waals surface area contributed by atoms with Gasteiger partial charge in [0, 0.05) is 23.7 Å². The van der Waals surface area contributed by atoms with E-state index in [0.717, 1.165) is 28.9 Å². The molecule has 0 unspecified atom stereocenters. The van der Waals surface area contributed by atoms with E-state index in [2.05, 4.69) is 33.5 Å². The lowest BCUT2D eigenvalue weighted by molar-refractivity contribution is 0.932. The maximum Gasteiger partial charge on any atom is 0.185 e. The lowest BCUT2D eigenvalue weighted by atomic mass is 10.1. The Bertz CT molecular complexity index is 1170. The van der Waals surface area contributed by atoms with Crippen LogP contribution in [0.3, 0.4) is 0 Å². The van der Waals surface area contributed by atoms with Crippen molar-refractivity contribution in [3.8, 4) is 11.3 Å². The van der Waals surface area contributed by atoms with Crippen molar-refractivity contribution in [2.45, 2.75) is 13.3 Å². The van der Waals surface area contributed by atoms with Crippen LogP contribution in [0.25, 0.3) is 16.9 Å². The van der Waals surface area contributed by atoms with Gasteiger partial charge < -0.3 is 5.73 Å². The lowest BCUT2D eigenvalue weighted by Gasteiger charge is -2.01. The molecule has 2 aromatic carbocycles. The normalized spacial score (nSPS) is 12.7. The van der Waals surface area contributed by atoms with E-state index in [1.165, 1.54) is 11.1 Å². The van der Waals surface area contributed by atoms with Crippen LogP contribution in [0.1, 0.15) is 16.7 Å². The number of nitrogens with zero attached hydrogens (tertiary/aromatic N) is 5. The standard InChI is InChI=1S/C20H16N6/c1-12-6-8-15(9-7-12)23-24-18-19(21)25-26-11-14-10-13-4-2-3-5-16(13)17(14)22-20(18)26/h2-9,11H,10H2,1H3,(H2,21,25). The number of rotatable bonds is 2. The molecular weight excluding hydrogens is 324 g/mol. The van der Waals surface area contributed by atoms with E-state index in [-0.39, 0.29) is 0 Å². The minimum Gasteiger partial charge on any atom is -0.380 e. The molecule has 6 nitrogen and oxygen atoms in total. The van der Waals surface area contributed by atoms with Gasteiger partial charge in [0.15, 0.2) is 17.2 Å². The zero-order valence-corrected chi connectivity index (χ0v) is 14.2. The van der Waals surface area contributed by atoms with Gasteiger partial charge in [0.05, 0.1) is 11.4 Å². The molecule has 0 atom stereocenters.